The van der Waals surface area contributed by atoms with Crippen LogP contribution in [0, 0.1) is 0 Å². The zero-order valence-electron chi connectivity index (χ0n) is 15.8. The molecule has 0 bridgehead atoms. The van der Waals surface area contributed by atoms with E-state index in [0.717, 1.165) is 29.8 Å². The molecule has 2 heterocycles. The van der Waals surface area contributed by atoms with E-state index in [0.29, 0.717) is 24.6 Å². The predicted molar refractivity (Wildman–Crippen MR) is 109 cm³/mol. The van der Waals surface area contributed by atoms with Crippen LogP contribution in [-0.2, 0) is 13.0 Å². The molecule has 0 aliphatic carbocycles. The standard InChI is InChI=1S/C22H22N4O2/c1-28-20-11-5-3-8-17(20)13-23-22-24-14-18(15-25-22)21(27)26-12-6-9-16-7-2-4-10-19(16)26/h2-5,7-8,10-11,14-15H,6,9,12-13H2,1H3,(H,23,24,25). The fraction of sp³-hybridized carbons (Fsp3) is 0.227. The smallest absolute Gasteiger partial charge is 0.261 e. The predicted octanol–water partition coefficient (Wildman–Crippen LogP) is 3.69. The zero-order valence-corrected chi connectivity index (χ0v) is 15.8. The Balaban J connectivity index is 1.46. The summed E-state index contributed by atoms with van der Waals surface area (Å²) in [6, 6.07) is 15.8. The Bertz CT molecular complexity index is 972. The number of ether oxygens (including phenoxy) is 1. The van der Waals surface area contributed by atoms with Gasteiger partial charge in [0.25, 0.3) is 5.91 Å². The Labute approximate surface area is 164 Å². The van der Waals surface area contributed by atoms with Gasteiger partial charge in [0.15, 0.2) is 0 Å². The number of nitrogens with one attached hydrogen (secondary N) is 1. The number of rotatable bonds is 5. The van der Waals surface area contributed by atoms with Crippen LogP contribution in [0.3, 0.4) is 0 Å². The first-order valence-electron chi connectivity index (χ1n) is 9.34. The average Bonchev–Trinajstić information content (AvgIpc) is 2.77. The number of nitrogens with zero attached hydrogens (tertiary/aromatic N) is 3. The van der Waals surface area contributed by atoms with Crippen LogP contribution in [0.25, 0.3) is 0 Å². The lowest BCUT2D eigenvalue weighted by atomic mass is 10.0. The van der Waals surface area contributed by atoms with Gasteiger partial charge in [-0.15, -0.1) is 0 Å². The highest BCUT2D eigenvalue weighted by atomic mass is 16.5. The normalized spacial score (nSPS) is 13.0. The average molecular weight is 374 g/mol. The van der Waals surface area contributed by atoms with Gasteiger partial charge in [0, 0.05) is 36.7 Å². The maximum Gasteiger partial charge on any atom is 0.261 e. The number of aryl methyl sites for hydroxylation is 1. The zero-order chi connectivity index (χ0) is 19.3. The molecule has 1 N–H and O–H groups in total. The topological polar surface area (TPSA) is 67.3 Å². The van der Waals surface area contributed by atoms with Gasteiger partial charge in [0.2, 0.25) is 5.95 Å². The molecule has 142 valence electrons. The Morgan fingerprint density at radius 2 is 1.86 bits per heavy atom. The first-order chi connectivity index (χ1) is 13.8. The highest BCUT2D eigenvalue weighted by molar-refractivity contribution is 6.06. The van der Waals surface area contributed by atoms with Crippen molar-refractivity contribution in [3.05, 3.63) is 77.6 Å². The molecule has 0 atom stereocenters. The number of para-hydroxylation sites is 2. The lowest BCUT2D eigenvalue weighted by Gasteiger charge is -2.29. The molecule has 0 unspecified atom stereocenters. The van der Waals surface area contributed by atoms with Crippen LogP contribution < -0.4 is 15.0 Å². The number of fused-ring (bicyclic) bond motifs is 1. The number of hydrogen-bond acceptors (Lipinski definition) is 5. The summed E-state index contributed by atoms with van der Waals surface area (Å²) in [4.78, 5) is 23.4. The summed E-state index contributed by atoms with van der Waals surface area (Å²) >= 11 is 0. The fourth-order valence-corrected chi connectivity index (χ4v) is 3.45. The summed E-state index contributed by atoms with van der Waals surface area (Å²) < 4.78 is 5.35. The SMILES string of the molecule is COc1ccccc1CNc1ncc(C(=O)N2CCCc3ccccc32)cn1. The largest absolute Gasteiger partial charge is 0.496 e. The number of carbonyl (C=O) groups is 1. The first kappa shape index (κ1) is 18.0. The van der Waals surface area contributed by atoms with Crippen molar-refractivity contribution in [3.8, 4) is 5.75 Å². The molecule has 0 radical (unpaired) electrons. The molecule has 1 amide bonds. The van der Waals surface area contributed by atoms with E-state index < -0.39 is 0 Å². The fourth-order valence-electron chi connectivity index (χ4n) is 3.45. The third-order valence-corrected chi connectivity index (χ3v) is 4.88. The van der Waals surface area contributed by atoms with Crippen LogP contribution in [-0.4, -0.2) is 29.5 Å². The van der Waals surface area contributed by atoms with Crippen LogP contribution in [0.5, 0.6) is 5.75 Å². The van der Waals surface area contributed by atoms with Crippen molar-refractivity contribution in [2.75, 3.05) is 23.9 Å². The number of amides is 1. The maximum absolute atomic E-state index is 12.9. The van der Waals surface area contributed by atoms with Crippen molar-refractivity contribution in [2.24, 2.45) is 0 Å². The van der Waals surface area contributed by atoms with E-state index in [1.807, 2.05) is 47.4 Å². The molecule has 0 saturated heterocycles. The number of carbonyl (C=O) groups excluding carboxylic acids is 1. The minimum absolute atomic E-state index is 0.0663. The molecule has 0 fully saturated rings. The minimum Gasteiger partial charge on any atom is -0.496 e. The first-order valence-corrected chi connectivity index (χ1v) is 9.34. The summed E-state index contributed by atoms with van der Waals surface area (Å²) in [5.41, 5.74) is 3.69. The van der Waals surface area contributed by atoms with E-state index in [-0.39, 0.29) is 5.91 Å². The van der Waals surface area contributed by atoms with Crippen molar-refractivity contribution in [2.45, 2.75) is 19.4 Å². The number of benzene rings is 2. The second-order valence-electron chi connectivity index (χ2n) is 6.65. The Kier molecular flexibility index (Phi) is 5.19. The molecule has 2 aromatic carbocycles. The molecular weight excluding hydrogens is 352 g/mol. The van der Waals surface area contributed by atoms with E-state index in [9.17, 15) is 4.79 Å². The van der Waals surface area contributed by atoms with Crippen LogP contribution in [0.15, 0.2) is 60.9 Å². The summed E-state index contributed by atoms with van der Waals surface area (Å²) in [5.74, 6) is 1.22. The molecule has 1 aliphatic heterocycles. The van der Waals surface area contributed by atoms with Crippen molar-refractivity contribution < 1.29 is 9.53 Å². The Morgan fingerprint density at radius 3 is 2.68 bits per heavy atom. The highest BCUT2D eigenvalue weighted by Crippen LogP contribution is 2.28. The molecule has 4 rings (SSSR count). The summed E-state index contributed by atoms with van der Waals surface area (Å²) in [7, 11) is 1.65. The van der Waals surface area contributed by atoms with Gasteiger partial charge in [0.05, 0.1) is 12.7 Å². The van der Waals surface area contributed by atoms with Gasteiger partial charge in [-0.05, 0) is 30.5 Å². The highest BCUT2D eigenvalue weighted by Gasteiger charge is 2.23. The number of aromatic nitrogens is 2. The van der Waals surface area contributed by atoms with Gasteiger partial charge in [-0.25, -0.2) is 9.97 Å². The number of anilines is 2. The van der Waals surface area contributed by atoms with Crippen molar-refractivity contribution in [1.29, 1.82) is 0 Å². The van der Waals surface area contributed by atoms with E-state index in [1.165, 1.54) is 5.56 Å². The van der Waals surface area contributed by atoms with Crippen LogP contribution in [0.4, 0.5) is 11.6 Å². The van der Waals surface area contributed by atoms with Gasteiger partial charge < -0.3 is 15.0 Å². The minimum atomic E-state index is -0.0663. The van der Waals surface area contributed by atoms with Gasteiger partial charge in [-0.3, -0.25) is 4.79 Å². The van der Waals surface area contributed by atoms with E-state index in [1.54, 1.807) is 19.5 Å². The van der Waals surface area contributed by atoms with Crippen LogP contribution >= 0.6 is 0 Å². The number of methoxy groups -OCH3 is 1. The van der Waals surface area contributed by atoms with Crippen LogP contribution in [0.1, 0.15) is 27.9 Å². The van der Waals surface area contributed by atoms with Gasteiger partial charge in [0.1, 0.15) is 5.75 Å². The van der Waals surface area contributed by atoms with Gasteiger partial charge in [-0.2, -0.15) is 0 Å². The molecular formula is C22H22N4O2. The van der Waals surface area contributed by atoms with Crippen molar-refractivity contribution in [1.82, 2.24) is 9.97 Å². The Hall–Kier alpha value is -3.41. The lowest BCUT2D eigenvalue weighted by molar-refractivity contribution is 0.0984. The second-order valence-corrected chi connectivity index (χ2v) is 6.65. The van der Waals surface area contributed by atoms with E-state index in [2.05, 4.69) is 21.4 Å². The Morgan fingerprint density at radius 1 is 1.11 bits per heavy atom. The van der Waals surface area contributed by atoms with Crippen LogP contribution in [0.2, 0.25) is 0 Å². The van der Waals surface area contributed by atoms with Crippen molar-refractivity contribution in [3.63, 3.8) is 0 Å². The van der Waals surface area contributed by atoms with Gasteiger partial charge >= 0.3 is 0 Å². The van der Waals surface area contributed by atoms with Crippen molar-refractivity contribution >= 4 is 17.5 Å². The number of hydrogen-bond donors (Lipinski definition) is 1. The molecule has 28 heavy (non-hydrogen) atoms. The summed E-state index contributed by atoms with van der Waals surface area (Å²) in [6.45, 7) is 1.25. The van der Waals surface area contributed by atoms with E-state index >= 15 is 0 Å². The lowest BCUT2D eigenvalue weighted by Crippen LogP contribution is -2.35. The maximum atomic E-state index is 12.9. The molecule has 0 spiro atoms. The van der Waals surface area contributed by atoms with Gasteiger partial charge in [-0.1, -0.05) is 36.4 Å². The monoisotopic (exact) mass is 374 g/mol. The molecule has 1 aliphatic rings. The molecule has 3 aromatic rings. The molecule has 0 saturated carbocycles. The summed E-state index contributed by atoms with van der Waals surface area (Å²) in [6.07, 6.45) is 5.12. The quantitative estimate of drug-likeness (QED) is 0.738. The van der Waals surface area contributed by atoms with E-state index in [4.69, 9.17) is 4.74 Å². The second kappa shape index (κ2) is 8.08. The molecule has 6 nitrogen and oxygen atoms in total. The molecule has 6 heteroatoms. The summed E-state index contributed by atoms with van der Waals surface area (Å²) in [5, 5.41) is 3.17. The third-order valence-electron chi connectivity index (χ3n) is 4.88. The third kappa shape index (κ3) is 3.67. The molecule has 1 aromatic heterocycles.